The van der Waals surface area contributed by atoms with Crippen molar-refractivity contribution in [2.45, 2.75) is 78.1 Å². The van der Waals surface area contributed by atoms with Crippen LogP contribution in [0.4, 0.5) is 0 Å². The minimum absolute atomic E-state index is 1.01. The monoisotopic (exact) mass is 248 g/mol. The fourth-order valence-electron chi connectivity index (χ4n) is 5.91. The molecule has 3 aliphatic rings. The van der Waals surface area contributed by atoms with Crippen LogP contribution in [0.3, 0.4) is 0 Å². The maximum absolute atomic E-state index is 2.62. The van der Waals surface area contributed by atoms with Crippen molar-refractivity contribution in [1.82, 2.24) is 0 Å². The van der Waals surface area contributed by atoms with Crippen molar-refractivity contribution in [1.29, 1.82) is 0 Å². The van der Waals surface area contributed by atoms with Gasteiger partial charge >= 0.3 is 0 Å². The van der Waals surface area contributed by atoms with Gasteiger partial charge in [0.05, 0.1) is 0 Å². The first-order chi connectivity index (χ1) is 8.77. The summed E-state index contributed by atoms with van der Waals surface area (Å²) in [6.07, 6.45) is 15.4. The molecule has 3 aliphatic carbocycles. The zero-order valence-corrected chi connectivity index (χ0v) is 12.5. The Morgan fingerprint density at radius 1 is 0.722 bits per heavy atom. The molecule has 0 aromatic heterocycles. The van der Waals surface area contributed by atoms with E-state index in [4.69, 9.17) is 0 Å². The van der Waals surface area contributed by atoms with Gasteiger partial charge in [-0.25, -0.2) is 0 Å². The molecule has 0 aromatic rings. The normalized spacial score (nSPS) is 46.7. The van der Waals surface area contributed by atoms with Crippen LogP contribution in [-0.4, -0.2) is 0 Å². The Bertz CT molecular complexity index is 269. The van der Waals surface area contributed by atoms with Crippen LogP contribution in [0.2, 0.25) is 0 Å². The third-order valence-corrected chi connectivity index (χ3v) is 6.91. The fraction of sp³-hybridized carbons (Fsp3) is 1.00. The average molecular weight is 248 g/mol. The highest BCUT2D eigenvalue weighted by Crippen LogP contribution is 2.51. The van der Waals surface area contributed by atoms with Gasteiger partial charge in [-0.3, -0.25) is 0 Å². The van der Waals surface area contributed by atoms with Gasteiger partial charge in [0.25, 0.3) is 0 Å². The summed E-state index contributed by atoms with van der Waals surface area (Å²) in [7, 11) is 0. The van der Waals surface area contributed by atoms with Gasteiger partial charge in [-0.15, -0.1) is 0 Å². The second-order valence-corrected chi connectivity index (χ2v) is 7.73. The third-order valence-electron chi connectivity index (χ3n) is 6.91. The summed E-state index contributed by atoms with van der Waals surface area (Å²) in [5.41, 5.74) is 0. The van der Waals surface area contributed by atoms with Gasteiger partial charge in [0.2, 0.25) is 0 Å². The van der Waals surface area contributed by atoms with E-state index in [-0.39, 0.29) is 0 Å². The smallest absolute Gasteiger partial charge is 0.0355 e. The van der Waals surface area contributed by atoms with Crippen molar-refractivity contribution in [3.63, 3.8) is 0 Å². The highest BCUT2D eigenvalue weighted by molar-refractivity contribution is 4.91. The molecule has 0 heterocycles. The summed E-state index contributed by atoms with van der Waals surface area (Å²) in [4.78, 5) is 0. The first-order valence-electron chi connectivity index (χ1n) is 8.77. The van der Waals surface area contributed by atoms with Crippen molar-refractivity contribution in [3.05, 3.63) is 0 Å². The Morgan fingerprint density at radius 2 is 1.39 bits per heavy atom. The van der Waals surface area contributed by atoms with Gasteiger partial charge in [0.1, 0.15) is 0 Å². The quantitative estimate of drug-likeness (QED) is 0.591. The van der Waals surface area contributed by atoms with Crippen molar-refractivity contribution < 1.29 is 0 Å². The van der Waals surface area contributed by atoms with Crippen molar-refractivity contribution in [2.75, 3.05) is 0 Å². The van der Waals surface area contributed by atoms with Crippen LogP contribution in [0, 0.1) is 35.5 Å². The lowest BCUT2D eigenvalue weighted by atomic mass is 9.62. The van der Waals surface area contributed by atoms with Gasteiger partial charge in [-0.05, 0) is 54.8 Å². The summed E-state index contributed by atoms with van der Waals surface area (Å²) in [6, 6.07) is 0. The second-order valence-electron chi connectivity index (χ2n) is 7.73. The summed E-state index contributed by atoms with van der Waals surface area (Å²) >= 11 is 0. The van der Waals surface area contributed by atoms with E-state index in [2.05, 4.69) is 13.8 Å². The maximum Gasteiger partial charge on any atom is -0.0355 e. The molecule has 104 valence electrons. The molecule has 0 radical (unpaired) electrons. The van der Waals surface area contributed by atoms with Crippen LogP contribution < -0.4 is 0 Å². The number of hydrogen-bond acceptors (Lipinski definition) is 0. The largest absolute Gasteiger partial charge is 0.0622 e. The lowest BCUT2D eigenvalue weighted by molar-refractivity contribution is 0.0599. The van der Waals surface area contributed by atoms with Gasteiger partial charge in [-0.1, -0.05) is 58.8 Å². The number of rotatable bonds is 2. The Labute approximate surface area is 114 Å². The molecule has 0 nitrogen and oxygen atoms in total. The van der Waals surface area contributed by atoms with E-state index >= 15 is 0 Å². The van der Waals surface area contributed by atoms with Crippen LogP contribution >= 0.6 is 0 Å². The molecule has 18 heavy (non-hydrogen) atoms. The maximum atomic E-state index is 2.62. The predicted molar refractivity (Wildman–Crippen MR) is 78.5 cm³/mol. The third kappa shape index (κ3) is 2.37. The molecule has 6 atom stereocenters. The molecule has 3 saturated carbocycles. The molecule has 0 N–H and O–H groups in total. The van der Waals surface area contributed by atoms with Gasteiger partial charge in [-0.2, -0.15) is 0 Å². The van der Waals surface area contributed by atoms with E-state index in [0.29, 0.717) is 0 Å². The fourth-order valence-corrected chi connectivity index (χ4v) is 5.91. The molecule has 3 rings (SSSR count). The Morgan fingerprint density at radius 3 is 2.17 bits per heavy atom. The molecule has 0 saturated heterocycles. The molecule has 3 fully saturated rings. The summed E-state index contributed by atoms with van der Waals surface area (Å²) in [5, 5.41) is 0. The minimum atomic E-state index is 1.01. The van der Waals surface area contributed by atoms with E-state index in [1.165, 1.54) is 32.1 Å². The van der Waals surface area contributed by atoms with E-state index in [1.54, 1.807) is 32.1 Å². The molecule has 0 amide bonds. The first-order valence-corrected chi connectivity index (χ1v) is 8.77. The topological polar surface area (TPSA) is 0 Å². The molecule has 0 heteroatoms. The predicted octanol–water partition coefficient (Wildman–Crippen LogP) is 5.67. The van der Waals surface area contributed by atoms with Crippen LogP contribution in [0.25, 0.3) is 0 Å². The molecule has 0 spiro atoms. The van der Waals surface area contributed by atoms with Crippen LogP contribution in [0.15, 0.2) is 0 Å². The summed E-state index contributed by atoms with van der Waals surface area (Å²) < 4.78 is 0. The van der Waals surface area contributed by atoms with Crippen LogP contribution in [0.1, 0.15) is 78.1 Å². The van der Waals surface area contributed by atoms with E-state index < -0.39 is 0 Å². The Hall–Kier alpha value is 0. The van der Waals surface area contributed by atoms with E-state index in [1.807, 2.05) is 0 Å². The zero-order chi connectivity index (χ0) is 12.5. The zero-order valence-electron chi connectivity index (χ0n) is 12.5. The SMILES string of the molecule is CC1CCCCC1C(C)C1CCCC2CCCC21. The van der Waals surface area contributed by atoms with Crippen molar-refractivity contribution in [2.24, 2.45) is 35.5 Å². The van der Waals surface area contributed by atoms with Gasteiger partial charge < -0.3 is 0 Å². The van der Waals surface area contributed by atoms with Gasteiger partial charge in [0, 0.05) is 0 Å². The van der Waals surface area contributed by atoms with Crippen LogP contribution in [-0.2, 0) is 0 Å². The molecule has 0 aliphatic heterocycles. The average Bonchev–Trinajstić information content (AvgIpc) is 2.86. The van der Waals surface area contributed by atoms with Crippen LogP contribution in [0.5, 0.6) is 0 Å². The van der Waals surface area contributed by atoms with Gasteiger partial charge in [0.15, 0.2) is 0 Å². The first kappa shape index (κ1) is 13.0. The number of hydrogen-bond donors (Lipinski definition) is 0. The Balaban J connectivity index is 1.68. The summed E-state index contributed by atoms with van der Waals surface area (Å²) in [6.45, 7) is 5.16. The minimum Gasteiger partial charge on any atom is -0.0622 e. The summed E-state index contributed by atoms with van der Waals surface area (Å²) in [5.74, 6) is 6.44. The Kier molecular flexibility index (Phi) is 4.01. The van der Waals surface area contributed by atoms with E-state index in [9.17, 15) is 0 Å². The molecule has 0 aromatic carbocycles. The standard InChI is InChI=1S/C18H32/c1-13-7-3-4-10-16(13)14(2)17-11-5-8-15-9-6-12-18(15)17/h13-18H,3-12H2,1-2H3. The van der Waals surface area contributed by atoms with Crippen molar-refractivity contribution in [3.8, 4) is 0 Å². The highest BCUT2D eigenvalue weighted by Gasteiger charge is 2.41. The van der Waals surface area contributed by atoms with Crippen molar-refractivity contribution >= 4 is 0 Å². The number of fused-ring (bicyclic) bond motifs is 1. The lowest BCUT2D eigenvalue weighted by Gasteiger charge is -2.44. The molecular formula is C18H32. The second kappa shape index (κ2) is 5.55. The molecule has 0 bridgehead atoms. The van der Waals surface area contributed by atoms with E-state index in [0.717, 1.165) is 35.5 Å². The molecular weight excluding hydrogens is 216 g/mol. The molecule has 6 unspecified atom stereocenters. The lowest BCUT2D eigenvalue weighted by Crippen LogP contribution is -2.35. The highest BCUT2D eigenvalue weighted by atomic mass is 14.5.